The Morgan fingerprint density at radius 1 is 1.08 bits per heavy atom. The number of esters is 2. The number of amides is 1. The van der Waals surface area contributed by atoms with Crippen molar-refractivity contribution in [1.82, 2.24) is 4.98 Å². The summed E-state index contributed by atoms with van der Waals surface area (Å²) in [5.74, 6) is -2.73. The fourth-order valence-electron chi connectivity index (χ4n) is 3.94. The van der Waals surface area contributed by atoms with Crippen molar-refractivity contribution in [2.24, 2.45) is 0 Å². The fraction of sp³-hybridized carbons (Fsp3) is 0.385. The lowest BCUT2D eigenvalue weighted by molar-refractivity contribution is -0.140. The third-order valence-electron chi connectivity index (χ3n) is 5.95. The van der Waals surface area contributed by atoms with Gasteiger partial charge in [0.05, 0.1) is 36.5 Å². The first kappa shape index (κ1) is 27.3. The number of halogens is 2. The summed E-state index contributed by atoms with van der Waals surface area (Å²) >= 11 is 6.08. The molecule has 1 aliphatic rings. The van der Waals surface area contributed by atoms with Crippen LogP contribution >= 0.6 is 11.6 Å². The van der Waals surface area contributed by atoms with Crippen LogP contribution < -0.4 is 4.90 Å². The molecule has 1 amide bonds. The maximum atomic E-state index is 15.3. The average molecular weight is 519 g/mol. The van der Waals surface area contributed by atoms with Crippen molar-refractivity contribution in [3.8, 4) is 0 Å². The van der Waals surface area contributed by atoms with Gasteiger partial charge in [0.15, 0.2) is 0 Å². The van der Waals surface area contributed by atoms with Crippen LogP contribution in [0.1, 0.15) is 47.2 Å². The van der Waals surface area contributed by atoms with Gasteiger partial charge < -0.3 is 19.1 Å². The number of nitrogens with zero attached hydrogens (tertiary/aromatic N) is 2. The van der Waals surface area contributed by atoms with Gasteiger partial charge >= 0.3 is 11.9 Å². The third-order valence-corrected chi connectivity index (χ3v) is 6.26. The zero-order chi connectivity index (χ0) is 26.2. The first-order chi connectivity index (χ1) is 17.3. The second kappa shape index (κ2) is 12.6. The molecule has 36 heavy (non-hydrogen) atoms. The summed E-state index contributed by atoms with van der Waals surface area (Å²) in [6.07, 6.45) is 5.29. The van der Waals surface area contributed by atoms with Crippen LogP contribution in [0.3, 0.4) is 0 Å². The van der Waals surface area contributed by atoms with Crippen molar-refractivity contribution in [3.63, 3.8) is 0 Å². The standard InChI is InChI=1S/C26H28ClFN2O6/c1-16-8-9-29-14-17(16)15-30(23-12-20(25(32)35-3)21(27)13-22(23)28)24(31)18-6-4-5-7-19(18)26(33)36-11-10-34-2/h8-9,12-14H,4-7,10-11,15H2,1-3H3. The summed E-state index contributed by atoms with van der Waals surface area (Å²) in [5.41, 5.74) is 1.76. The number of ether oxygens (including phenoxy) is 3. The SMILES string of the molecule is COCCOC(=O)C1=C(C(=O)N(Cc2cnccc2C)c2cc(C(=O)OC)c(Cl)cc2F)CCCC1. The van der Waals surface area contributed by atoms with Crippen molar-refractivity contribution in [2.45, 2.75) is 39.2 Å². The molecule has 1 aromatic heterocycles. The smallest absolute Gasteiger partial charge is 0.339 e. The number of hydrogen-bond donors (Lipinski definition) is 0. The van der Waals surface area contributed by atoms with Gasteiger partial charge in [0.1, 0.15) is 12.4 Å². The zero-order valence-electron chi connectivity index (χ0n) is 20.4. The average Bonchev–Trinajstić information content (AvgIpc) is 2.88. The van der Waals surface area contributed by atoms with E-state index in [2.05, 4.69) is 4.98 Å². The number of hydrogen-bond acceptors (Lipinski definition) is 7. The lowest BCUT2D eigenvalue weighted by Crippen LogP contribution is -2.35. The van der Waals surface area contributed by atoms with Crippen molar-refractivity contribution >= 4 is 35.1 Å². The van der Waals surface area contributed by atoms with Gasteiger partial charge in [0.25, 0.3) is 5.91 Å². The molecule has 0 atom stereocenters. The number of benzene rings is 1. The maximum absolute atomic E-state index is 15.3. The molecule has 2 aromatic rings. The molecule has 0 radical (unpaired) electrons. The van der Waals surface area contributed by atoms with E-state index in [1.54, 1.807) is 18.5 Å². The van der Waals surface area contributed by atoms with E-state index < -0.39 is 23.7 Å². The summed E-state index contributed by atoms with van der Waals surface area (Å²) in [4.78, 5) is 44.3. The molecule has 192 valence electrons. The molecule has 0 saturated heterocycles. The van der Waals surface area contributed by atoms with Gasteiger partial charge in [-0.1, -0.05) is 11.6 Å². The van der Waals surface area contributed by atoms with Gasteiger partial charge in [-0.2, -0.15) is 0 Å². The summed E-state index contributed by atoms with van der Waals surface area (Å²) in [6, 6.07) is 3.93. The predicted molar refractivity (Wildman–Crippen MR) is 131 cm³/mol. The normalized spacial score (nSPS) is 13.4. The topological polar surface area (TPSA) is 95.0 Å². The van der Waals surface area contributed by atoms with Gasteiger partial charge in [-0.05, 0) is 61.9 Å². The number of carbonyl (C=O) groups is 3. The van der Waals surface area contributed by atoms with E-state index in [0.717, 1.165) is 18.1 Å². The summed E-state index contributed by atoms with van der Waals surface area (Å²) in [5, 5.41) is -0.146. The highest BCUT2D eigenvalue weighted by Gasteiger charge is 2.31. The lowest BCUT2D eigenvalue weighted by Gasteiger charge is -2.28. The van der Waals surface area contributed by atoms with Gasteiger partial charge in [0, 0.05) is 30.6 Å². The zero-order valence-corrected chi connectivity index (χ0v) is 21.2. The first-order valence-corrected chi connectivity index (χ1v) is 11.8. The molecule has 10 heteroatoms. The Bertz CT molecular complexity index is 1180. The van der Waals surface area contributed by atoms with E-state index >= 15 is 4.39 Å². The van der Waals surface area contributed by atoms with Crippen LogP contribution in [-0.2, 0) is 30.3 Å². The molecule has 0 fully saturated rings. The lowest BCUT2D eigenvalue weighted by atomic mass is 9.90. The number of carbonyl (C=O) groups excluding carboxylic acids is 3. The van der Waals surface area contributed by atoms with Crippen LogP contribution in [0.4, 0.5) is 10.1 Å². The summed E-state index contributed by atoms with van der Waals surface area (Å²) in [6.45, 7) is 2.07. The Morgan fingerprint density at radius 3 is 2.47 bits per heavy atom. The van der Waals surface area contributed by atoms with E-state index in [1.165, 1.54) is 25.2 Å². The van der Waals surface area contributed by atoms with E-state index in [9.17, 15) is 14.4 Å². The van der Waals surface area contributed by atoms with E-state index in [1.807, 2.05) is 6.92 Å². The summed E-state index contributed by atoms with van der Waals surface area (Å²) in [7, 11) is 2.67. The highest BCUT2D eigenvalue weighted by Crippen LogP contribution is 2.33. The molecule has 0 N–H and O–H groups in total. The Hall–Kier alpha value is -3.30. The van der Waals surface area contributed by atoms with Crippen molar-refractivity contribution in [3.05, 3.63) is 69.3 Å². The monoisotopic (exact) mass is 518 g/mol. The Balaban J connectivity index is 2.11. The van der Waals surface area contributed by atoms with Crippen LogP contribution in [0.5, 0.6) is 0 Å². The van der Waals surface area contributed by atoms with Crippen LogP contribution in [0, 0.1) is 12.7 Å². The van der Waals surface area contributed by atoms with E-state index in [4.69, 9.17) is 25.8 Å². The highest BCUT2D eigenvalue weighted by atomic mass is 35.5. The molecule has 0 bridgehead atoms. The Kier molecular flexibility index (Phi) is 9.55. The minimum atomic E-state index is -0.803. The molecule has 0 aliphatic heterocycles. The van der Waals surface area contributed by atoms with Crippen molar-refractivity contribution in [2.75, 3.05) is 32.3 Å². The van der Waals surface area contributed by atoms with Gasteiger partial charge in [-0.3, -0.25) is 9.78 Å². The highest BCUT2D eigenvalue weighted by molar-refractivity contribution is 6.33. The van der Waals surface area contributed by atoms with Crippen LogP contribution in [0.15, 0.2) is 41.7 Å². The largest absolute Gasteiger partial charge is 0.465 e. The maximum Gasteiger partial charge on any atom is 0.339 e. The third kappa shape index (κ3) is 6.27. The van der Waals surface area contributed by atoms with Crippen molar-refractivity contribution < 1.29 is 33.0 Å². The molecular formula is C26H28ClFN2O6. The van der Waals surface area contributed by atoms with Gasteiger partial charge in [-0.15, -0.1) is 0 Å². The molecule has 0 saturated carbocycles. The molecule has 3 rings (SSSR count). The molecule has 1 aliphatic carbocycles. The number of methoxy groups -OCH3 is 2. The van der Waals surface area contributed by atoms with Gasteiger partial charge in [-0.25, -0.2) is 14.0 Å². The second-order valence-electron chi connectivity index (χ2n) is 8.26. The minimum absolute atomic E-state index is 0.0484. The quantitative estimate of drug-likeness (QED) is 0.354. The molecule has 8 nitrogen and oxygen atoms in total. The Morgan fingerprint density at radius 2 is 1.81 bits per heavy atom. The first-order valence-electron chi connectivity index (χ1n) is 11.4. The number of aryl methyl sites for hydroxylation is 1. The van der Waals surface area contributed by atoms with Crippen LogP contribution in [-0.4, -0.2) is 50.3 Å². The number of rotatable bonds is 9. The second-order valence-corrected chi connectivity index (χ2v) is 8.67. The Labute approximate surface area is 214 Å². The number of aromatic nitrogens is 1. The molecular weight excluding hydrogens is 491 g/mol. The summed E-state index contributed by atoms with van der Waals surface area (Å²) < 4.78 is 30.2. The number of pyridine rings is 1. The fourth-order valence-corrected chi connectivity index (χ4v) is 4.17. The number of anilines is 1. The van der Waals surface area contributed by atoms with Crippen molar-refractivity contribution in [1.29, 1.82) is 0 Å². The predicted octanol–water partition coefficient (Wildman–Crippen LogP) is 4.56. The molecule has 1 aromatic carbocycles. The van der Waals surface area contributed by atoms with E-state index in [0.29, 0.717) is 24.8 Å². The molecule has 1 heterocycles. The minimum Gasteiger partial charge on any atom is -0.465 e. The van der Waals surface area contributed by atoms with Crippen LogP contribution in [0.2, 0.25) is 5.02 Å². The molecule has 0 unspecified atom stereocenters. The van der Waals surface area contributed by atoms with Crippen LogP contribution in [0.25, 0.3) is 0 Å². The molecule has 0 spiro atoms. The van der Waals surface area contributed by atoms with E-state index in [-0.39, 0.29) is 47.2 Å². The van der Waals surface area contributed by atoms with Gasteiger partial charge in [0.2, 0.25) is 0 Å².